The second-order valence-electron chi connectivity index (χ2n) is 7.40. The van der Waals surface area contributed by atoms with Crippen LogP contribution in [0.2, 0.25) is 5.02 Å². The molecule has 0 spiro atoms. The number of hydrogen-bond acceptors (Lipinski definition) is 7. The quantitative estimate of drug-likeness (QED) is 0.441. The van der Waals surface area contributed by atoms with Gasteiger partial charge in [0, 0.05) is 22.7 Å². The fourth-order valence-electron chi connectivity index (χ4n) is 3.67. The predicted octanol–water partition coefficient (Wildman–Crippen LogP) is 3.44. The van der Waals surface area contributed by atoms with Crippen molar-refractivity contribution >= 4 is 40.5 Å². The second-order valence-corrected chi connectivity index (χ2v) is 7.83. The van der Waals surface area contributed by atoms with Gasteiger partial charge in [-0.3, -0.25) is 15.3 Å². The van der Waals surface area contributed by atoms with Crippen LogP contribution in [0.25, 0.3) is 0 Å². The van der Waals surface area contributed by atoms with Crippen LogP contribution < -0.4 is 5.43 Å². The van der Waals surface area contributed by atoms with E-state index in [2.05, 4.69) is 15.4 Å². The van der Waals surface area contributed by atoms with Crippen LogP contribution in [0.4, 0.5) is 5.69 Å². The lowest BCUT2D eigenvalue weighted by molar-refractivity contribution is -0.132. The molecule has 2 aliphatic rings. The fourth-order valence-corrected chi connectivity index (χ4v) is 3.84. The van der Waals surface area contributed by atoms with E-state index in [9.17, 15) is 4.79 Å². The molecule has 2 aliphatic heterocycles. The van der Waals surface area contributed by atoms with E-state index in [1.165, 1.54) is 7.11 Å². The summed E-state index contributed by atoms with van der Waals surface area (Å²) in [5.41, 5.74) is 6.65. The van der Waals surface area contributed by atoms with Crippen LogP contribution in [-0.2, 0) is 9.53 Å². The van der Waals surface area contributed by atoms with Gasteiger partial charge in [-0.15, -0.1) is 0 Å². The molecule has 0 atom stereocenters. The molecule has 4 rings (SSSR count). The highest BCUT2D eigenvalue weighted by Crippen LogP contribution is 2.28. The van der Waals surface area contributed by atoms with Crippen LogP contribution >= 0.6 is 11.6 Å². The lowest BCUT2D eigenvalue weighted by Gasteiger charge is -2.15. The van der Waals surface area contributed by atoms with E-state index >= 15 is 0 Å². The van der Waals surface area contributed by atoms with E-state index in [0.29, 0.717) is 23.1 Å². The van der Waals surface area contributed by atoms with Crippen molar-refractivity contribution in [3.8, 4) is 0 Å². The topological polar surface area (TPSA) is 78.6 Å². The Labute approximate surface area is 186 Å². The first kappa shape index (κ1) is 21.2. The van der Waals surface area contributed by atoms with Crippen LogP contribution in [0.15, 0.2) is 63.6 Å². The Bertz CT molecular complexity index is 1040. The molecular weight excluding hydrogens is 414 g/mol. The van der Waals surface area contributed by atoms with Crippen molar-refractivity contribution < 1.29 is 9.53 Å². The first-order chi connectivity index (χ1) is 15.1. The molecule has 0 aliphatic carbocycles. The third kappa shape index (κ3) is 5.18. The Morgan fingerprint density at radius 1 is 1.19 bits per heavy atom. The number of ether oxygens (including phenoxy) is 1. The Balaban J connectivity index is 1.63. The molecule has 2 aromatic carbocycles. The molecule has 0 bridgehead atoms. The largest absolute Gasteiger partial charge is 0.464 e. The van der Waals surface area contributed by atoms with Gasteiger partial charge in [-0.05, 0) is 44.1 Å². The number of amidine groups is 1. The first-order valence-electron chi connectivity index (χ1n) is 10.2. The number of esters is 1. The first-order valence-corrected chi connectivity index (χ1v) is 10.6. The van der Waals surface area contributed by atoms with Gasteiger partial charge in [0.25, 0.3) is 0 Å². The van der Waals surface area contributed by atoms with Gasteiger partial charge in [-0.25, -0.2) is 9.79 Å². The number of nitrogens with one attached hydrogen (secondary N) is 1. The molecule has 0 unspecified atom stereocenters. The molecule has 0 radical (unpaired) electrons. The van der Waals surface area contributed by atoms with E-state index in [1.54, 1.807) is 6.07 Å². The van der Waals surface area contributed by atoms with Crippen molar-refractivity contribution in [2.24, 2.45) is 15.1 Å². The predicted molar refractivity (Wildman–Crippen MR) is 124 cm³/mol. The normalized spacial score (nSPS) is 16.8. The molecule has 8 heteroatoms. The van der Waals surface area contributed by atoms with Gasteiger partial charge >= 0.3 is 5.97 Å². The molecule has 160 valence electrons. The minimum Gasteiger partial charge on any atom is -0.464 e. The zero-order valence-corrected chi connectivity index (χ0v) is 18.1. The standard InChI is InChI=1S/C23H24ClN5O2/c1-31-23(30)20(15-29-11-5-6-12-29)27-28-21-14-25-22(16-7-3-2-4-8-16)18-13-17(24)9-10-19(18)26-21/h2-4,7-10,13H,5-6,11-12,14-15H2,1H3,(H,26,28)/b27-20-. The van der Waals surface area contributed by atoms with Gasteiger partial charge in [0.2, 0.25) is 0 Å². The lowest BCUT2D eigenvalue weighted by atomic mass is 10.0. The maximum absolute atomic E-state index is 12.2. The minimum absolute atomic E-state index is 0.290. The molecule has 1 saturated heterocycles. The van der Waals surface area contributed by atoms with E-state index < -0.39 is 5.97 Å². The van der Waals surface area contributed by atoms with Crippen LogP contribution in [0.3, 0.4) is 0 Å². The third-order valence-corrected chi connectivity index (χ3v) is 5.45. The molecule has 0 saturated carbocycles. The average molecular weight is 438 g/mol. The molecule has 7 nitrogen and oxygen atoms in total. The summed E-state index contributed by atoms with van der Waals surface area (Å²) in [6.07, 6.45) is 2.26. The van der Waals surface area contributed by atoms with E-state index in [4.69, 9.17) is 26.3 Å². The summed E-state index contributed by atoms with van der Waals surface area (Å²) < 4.78 is 4.91. The van der Waals surface area contributed by atoms with Gasteiger partial charge in [0.05, 0.1) is 25.1 Å². The van der Waals surface area contributed by atoms with E-state index in [-0.39, 0.29) is 6.54 Å². The molecule has 2 aromatic rings. The zero-order valence-electron chi connectivity index (χ0n) is 17.3. The van der Waals surface area contributed by atoms with Crippen molar-refractivity contribution in [1.82, 2.24) is 10.3 Å². The number of benzene rings is 2. The van der Waals surface area contributed by atoms with Crippen molar-refractivity contribution in [3.63, 3.8) is 0 Å². The summed E-state index contributed by atoms with van der Waals surface area (Å²) in [5, 5.41) is 4.95. The summed E-state index contributed by atoms with van der Waals surface area (Å²) in [7, 11) is 1.36. The van der Waals surface area contributed by atoms with E-state index in [0.717, 1.165) is 48.5 Å². The number of nitrogens with zero attached hydrogens (tertiary/aromatic N) is 4. The summed E-state index contributed by atoms with van der Waals surface area (Å²) >= 11 is 6.26. The highest BCUT2D eigenvalue weighted by molar-refractivity contribution is 6.37. The van der Waals surface area contributed by atoms with Crippen molar-refractivity contribution in [3.05, 3.63) is 64.7 Å². The number of hydrogen-bond donors (Lipinski definition) is 1. The van der Waals surface area contributed by atoms with Gasteiger partial charge in [0.15, 0.2) is 5.71 Å². The van der Waals surface area contributed by atoms with Gasteiger partial charge in [-0.2, -0.15) is 5.10 Å². The highest BCUT2D eigenvalue weighted by Gasteiger charge is 2.21. The average Bonchev–Trinajstić information content (AvgIpc) is 3.24. The number of hydrazone groups is 1. The van der Waals surface area contributed by atoms with E-state index in [1.807, 2.05) is 42.5 Å². The Kier molecular flexibility index (Phi) is 6.74. The number of likely N-dealkylation sites (tertiary alicyclic amines) is 1. The monoisotopic (exact) mass is 437 g/mol. The van der Waals surface area contributed by atoms with Crippen molar-refractivity contribution in [2.75, 3.05) is 33.3 Å². The highest BCUT2D eigenvalue weighted by atomic mass is 35.5. The number of carbonyl (C=O) groups excluding carboxylic acids is 1. The maximum Gasteiger partial charge on any atom is 0.355 e. The smallest absolute Gasteiger partial charge is 0.355 e. The Hall–Kier alpha value is -3.03. The Morgan fingerprint density at radius 3 is 2.71 bits per heavy atom. The molecule has 0 amide bonds. The maximum atomic E-state index is 12.2. The van der Waals surface area contributed by atoms with Crippen LogP contribution in [0.5, 0.6) is 0 Å². The third-order valence-electron chi connectivity index (χ3n) is 5.22. The van der Waals surface area contributed by atoms with Crippen molar-refractivity contribution in [1.29, 1.82) is 0 Å². The van der Waals surface area contributed by atoms with Crippen LogP contribution in [-0.4, -0.2) is 61.4 Å². The van der Waals surface area contributed by atoms with Crippen LogP contribution in [0.1, 0.15) is 24.0 Å². The molecule has 1 fully saturated rings. The van der Waals surface area contributed by atoms with Crippen molar-refractivity contribution in [2.45, 2.75) is 12.8 Å². The lowest BCUT2D eigenvalue weighted by Crippen LogP contribution is -2.35. The molecule has 1 N–H and O–H groups in total. The van der Waals surface area contributed by atoms with Gasteiger partial charge in [-0.1, -0.05) is 41.9 Å². The number of rotatable bonds is 5. The molecule has 31 heavy (non-hydrogen) atoms. The second kappa shape index (κ2) is 9.85. The van der Waals surface area contributed by atoms with Gasteiger partial charge < -0.3 is 4.74 Å². The summed E-state index contributed by atoms with van der Waals surface area (Å²) in [6.45, 7) is 2.64. The van der Waals surface area contributed by atoms with Crippen LogP contribution in [0, 0.1) is 0 Å². The number of carbonyl (C=O) groups is 1. The SMILES string of the molecule is COC(=O)/C(CN1CCCC1)=N\NC1=Nc2ccc(Cl)cc2C(c2ccccc2)=NC1. The number of aliphatic imine (C=N–C) groups is 2. The zero-order chi connectivity index (χ0) is 21.6. The molecule has 2 heterocycles. The molecule has 0 aromatic heterocycles. The summed E-state index contributed by atoms with van der Waals surface area (Å²) in [4.78, 5) is 23.9. The minimum atomic E-state index is -0.450. The number of methoxy groups -OCH3 is 1. The molecular formula is C23H24ClN5O2. The fraction of sp³-hybridized carbons (Fsp3) is 0.304. The Morgan fingerprint density at radius 2 is 1.97 bits per heavy atom. The summed E-state index contributed by atoms with van der Waals surface area (Å²) in [5.74, 6) is 0.0895. The summed E-state index contributed by atoms with van der Waals surface area (Å²) in [6, 6.07) is 15.4. The van der Waals surface area contributed by atoms with Gasteiger partial charge in [0.1, 0.15) is 5.84 Å². The number of fused-ring (bicyclic) bond motifs is 1. The number of halogens is 1.